The number of hydrazone groups is 1. The minimum atomic E-state index is -4.24. The highest BCUT2D eigenvalue weighted by Gasteiger charge is 2.20. The van der Waals surface area contributed by atoms with E-state index in [1.807, 2.05) is 0 Å². The van der Waals surface area contributed by atoms with Crippen molar-refractivity contribution in [2.45, 2.75) is 12.3 Å². The molecule has 0 saturated heterocycles. The number of rotatable bonds is 3. The molecule has 79 valence electrons. The van der Waals surface area contributed by atoms with Crippen LogP contribution in [0.1, 0.15) is 6.92 Å². The van der Waals surface area contributed by atoms with Gasteiger partial charge in [-0.1, -0.05) is 0 Å². The molecule has 1 heterocycles. The van der Waals surface area contributed by atoms with Crippen LogP contribution in [0.15, 0.2) is 11.2 Å². The van der Waals surface area contributed by atoms with E-state index < -0.39 is 21.5 Å². The van der Waals surface area contributed by atoms with Gasteiger partial charge in [0.15, 0.2) is 5.37 Å². The topological polar surface area (TPSA) is 94.0 Å². The molecule has 0 fully saturated rings. The number of hydrogen-bond acceptors (Lipinski definition) is 6. The molecule has 0 aliphatic carbocycles. The van der Waals surface area contributed by atoms with Gasteiger partial charge in [0, 0.05) is 6.08 Å². The molecular weight excluding hydrogens is 215 g/mol. The Morgan fingerprint density at radius 2 is 2.50 bits per heavy atom. The van der Waals surface area contributed by atoms with Crippen molar-refractivity contribution in [2.24, 2.45) is 5.10 Å². The van der Waals surface area contributed by atoms with E-state index in [4.69, 9.17) is 4.55 Å². The number of nitrogens with zero attached hydrogens (tertiary/aromatic N) is 2. The van der Waals surface area contributed by atoms with Gasteiger partial charge in [0.25, 0.3) is 10.1 Å². The molecule has 1 aliphatic rings. The maximum Gasteiger partial charge on any atom is 0.282 e. The van der Waals surface area contributed by atoms with Crippen LogP contribution in [0.4, 0.5) is 4.39 Å². The molecule has 1 aliphatic heterocycles. The monoisotopic (exact) mass is 223 g/mol. The van der Waals surface area contributed by atoms with Gasteiger partial charge >= 0.3 is 0 Å². The summed E-state index contributed by atoms with van der Waals surface area (Å²) in [5.74, 6) is -0.848. The highest BCUT2D eigenvalue weighted by atomic mass is 32.2. The zero-order valence-electron chi connectivity index (χ0n) is 7.10. The summed E-state index contributed by atoms with van der Waals surface area (Å²) in [6.45, 7) is 1.17. The first-order chi connectivity index (χ1) is 6.39. The normalized spacial score (nSPS) is 18.8. The summed E-state index contributed by atoms with van der Waals surface area (Å²) in [6.07, 6.45) is 3.17. The van der Waals surface area contributed by atoms with Crippen LogP contribution >= 0.6 is 0 Å². The maximum atomic E-state index is 12.5. The van der Waals surface area contributed by atoms with Gasteiger partial charge in [-0.25, -0.2) is 0 Å². The Kier molecular flexibility index (Phi) is 3.03. The fourth-order valence-corrected chi connectivity index (χ4v) is 0.835. The molecule has 0 saturated carbocycles. The van der Waals surface area contributed by atoms with Gasteiger partial charge in [-0.3, -0.25) is 9.98 Å². The van der Waals surface area contributed by atoms with Crippen LogP contribution in [-0.4, -0.2) is 29.5 Å². The van der Waals surface area contributed by atoms with Gasteiger partial charge in [-0.05, 0) is 6.92 Å². The Morgan fingerprint density at radius 3 is 3.00 bits per heavy atom. The van der Waals surface area contributed by atoms with Crippen LogP contribution in [0.2, 0.25) is 0 Å². The second-order valence-corrected chi connectivity index (χ2v) is 4.16. The predicted molar refractivity (Wildman–Crippen MR) is 45.5 cm³/mol. The molecule has 14 heavy (non-hydrogen) atoms. The van der Waals surface area contributed by atoms with Crippen LogP contribution in [0.5, 0.6) is 0 Å². The van der Waals surface area contributed by atoms with E-state index >= 15 is 0 Å². The second-order valence-electron chi connectivity index (χ2n) is 2.42. The molecular formula is C5H8FN4O3S. The zero-order chi connectivity index (χ0) is 10.8. The molecule has 1 atom stereocenters. The van der Waals surface area contributed by atoms with Crippen LogP contribution in [0, 0.1) is 6.20 Å². The van der Waals surface area contributed by atoms with E-state index in [0.29, 0.717) is 5.23 Å². The first-order valence-corrected chi connectivity index (χ1v) is 5.01. The standard InChI is InChI=1S/C5H8FN4O3S/c1-4(14(11,12)13)8-10-7-3-2-5(6)9-10/h2,4,7-8H,1H3,(H,11,12,13). The van der Waals surface area contributed by atoms with Crippen molar-refractivity contribution < 1.29 is 17.4 Å². The lowest BCUT2D eigenvalue weighted by Gasteiger charge is -2.23. The Labute approximate surface area is 80.0 Å². The molecule has 0 aromatic carbocycles. The van der Waals surface area contributed by atoms with Gasteiger partial charge in [0.2, 0.25) is 5.97 Å². The molecule has 9 heteroatoms. The van der Waals surface area contributed by atoms with Gasteiger partial charge in [0.1, 0.15) is 0 Å². The van der Waals surface area contributed by atoms with E-state index in [2.05, 4.69) is 22.2 Å². The highest BCUT2D eigenvalue weighted by molar-refractivity contribution is 7.86. The lowest BCUT2D eigenvalue weighted by Crippen LogP contribution is -2.50. The van der Waals surface area contributed by atoms with Crippen molar-refractivity contribution in [3.05, 3.63) is 12.3 Å². The number of hydrazine groups is 2. The second kappa shape index (κ2) is 3.90. The van der Waals surface area contributed by atoms with E-state index in [1.165, 1.54) is 6.92 Å². The van der Waals surface area contributed by atoms with Crippen LogP contribution in [-0.2, 0) is 10.1 Å². The minimum absolute atomic E-state index is 0.688. The molecule has 1 unspecified atom stereocenters. The Morgan fingerprint density at radius 1 is 1.86 bits per heavy atom. The molecule has 7 nitrogen and oxygen atoms in total. The van der Waals surface area contributed by atoms with Crippen molar-refractivity contribution in [1.29, 1.82) is 0 Å². The summed E-state index contributed by atoms with van der Waals surface area (Å²) in [5.41, 5.74) is 4.43. The molecule has 0 spiro atoms. The first-order valence-electron chi connectivity index (χ1n) is 3.50. The zero-order valence-corrected chi connectivity index (χ0v) is 7.92. The van der Waals surface area contributed by atoms with Crippen LogP contribution in [0.3, 0.4) is 0 Å². The first kappa shape index (κ1) is 10.9. The van der Waals surface area contributed by atoms with Gasteiger partial charge < -0.3 is 0 Å². The molecule has 1 rings (SSSR count). The number of halogens is 1. The molecule has 0 amide bonds. The summed E-state index contributed by atoms with van der Waals surface area (Å²) in [4.78, 5) is 0. The van der Waals surface area contributed by atoms with Crippen molar-refractivity contribution in [2.75, 3.05) is 0 Å². The third kappa shape index (κ3) is 2.94. The smallest absolute Gasteiger partial charge is 0.282 e. The minimum Gasteiger partial charge on any atom is -0.284 e. The predicted octanol–water partition coefficient (Wildman–Crippen LogP) is -0.855. The lowest BCUT2D eigenvalue weighted by molar-refractivity contribution is 0.130. The summed E-state index contributed by atoms with van der Waals surface area (Å²) < 4.78 is 42.2. The third-order valence-corrected chi connectivity index (χ3v) is 2.31. The van der Waals surface area contributed by atoms with Crippen LogP contribution < -0.4 is 10.9 Å². The van der Waals surface area contributed by atoms with Gasteiger partial charge in [0.05, 0.1) is 6.20 Å². The van der Waals surface area contributed by atoms with Gasteiger partial charge in [-0.15, -0.1) is 10.3 Å². The summed E-state index contributed by atoms with van der Waals surface area (Å²) in [7, 11) is -4.24. The fourth-order valence-electron chi connectivity index (χ4n) is 0.602. The largest absolute Gasteiger partial charge is 0.284 e. The van der Waals surface area contributed by atoms with E-state index in [0.717, 1.165) is 6.08 Å². The Hall–Kier alpha value is -1.19. The van der Waals surface area contributed by atoms with Crippen molar-refractivity contribution >= 4 is 16.1 Å². The molecule has 0 aromatic heterocycles. The van der Waals surface area contributed by atoms with Crippen molar-refractivity contribution in [1.82, 2.24) is 16.1 Å². The average Bonchev–Trinajstić information content (AvgIpc) is 2.02. The Bertz CT molecular complexity index is 365. The van der Waals surface area contributed by atoms with Gasteiger partial charge in [-0.2, -0.15) is 18.2 Å². The quantitative estimate of drug-likeness (QED) is 0.539. The summed E-state index contributed by atoms with van der Waals surface area (Å²) in [6, 6.07) is 0. The van der Waals surface area contributed by atoms with E-state index in [9.17, 15) is 12.8 Å². The average molecular weight is 223 g/mol. The summed E-state index contributed by atoms with van der Waals surface area (Å²) in [5, 5.41) is 2.58. The van der Waals surface area contributed by atoms with Crippen molar-refractivity contribution in [3.63, 3.8) is 0 Å². The van der Waals surface area contributed by atoms with E-state index in [-0.39, 0.29) is 0 Å². The lowest BCUT2D eigenvalue weighted by atomic mass is 10.6. The summed E-state index contributed by atoms with van der Waals surface area (Å²) >= 11 is 0. The molecule has 0 bridgehead atoms. The number of allylic oxidation sites excluding steroid dienone is 1. The molecule has 0 aromatic rings. The SMILES string of the molecule is CC(NN1N=C(F)C=[C]N1)S(=O)(=O)O. The molecule has 1 radical (unpaired) electrons. The third-order valence-electron chi connectivity index (χ3n) is 1.31. The Balaban J connectivity index is 2.59. The van der Waals surface area contributed by atoms with Crippen LogP contribution in [0.25, 0.3) is 0 Å². The highest BCUT2D eigenvalue weighted by Crippen LogP contribution is 1.97. The van der Waals surface area contributed by atoms with Crippen molar-refractivity contribution in [3.8, 4) is 0 Å². The van der Waals surface area contributed by atoms with E-state index in [1.54, 1.807) is 0 Å². The fraction of sp³-hybridized carbons (Fsp3) is 0.400. The maximum absolute atomic E-state index is 12.5. The number of hydrogen-bond donors (Lipinski definition) is 3. The molecule has 3 N–H and O–H groups in total. The number of nitrogens with one attached hydrogen (secondary N) is 2.